The third-order valence-electron chi connectivity index (χ3n) is 4.92. The van der Waals surface area contributed by atoms with Gasteiger partial charge in [-0.25, -0.2) is 14.8 Å². The third kappa shape index (κ3) is 2.15. The lowest BCUT2D eigenvalue weighted by Crippen LogP contribution is -2.30. The molecule has 0 unspecified atom stereocenters. The van der Waals surface area contributed by atoms with Crippen LogP contribution < -0.4 is 4.90 Å². The SMILES string of the molecule is COC(=O)c1ccc2[nH]c3c(c2c1)CN(c1ncnc2[nH]ncc12)CC3. The van der Waals surface area contributed by atoms with Crippen LogP contribution in [0, 0.1) is 0 Å². The van der Waals surface area contributed by atoms with Crippen molar-refractivity contribution in [1.29, 1.82) is 0 Å². The molecule has 0 aliphatic carbocycles. The second-order valence-corrected chi connectivity index (χ2v) is 6.34. The smallest absolute Gasteiger partial charge is 0.337 e. The molecule has 26 heavy (non-hydrogen) atoms. The van der Waals surface area contributed by atoms with Crippen molar-refractivity contribution in [2.45, 2.75) is 13.0 Å². The molecule has 8 heteroatoms. The summed E-state index contributed by atoms with van der Waals surface area (Å²) in [6, 6.07) is 5.62. The number of carbonyl (C=O) groups excluding carboxylic acids is 1. The van der Waals surface area contributed by atoms with E-state index in [0.29, 0.717) is 12.1 Å². The highest BCUT2D eigenvalue weighted by molar-refractivity contribution is 5.96. The number of aromatic amines is 2. The lowest BCUT2D eigenvalue weighted by Gasteiger charge is -2.28. The van der Waals surface area contributed by atoms with E-state index in [-0.39, 0.29) is 5.97 Å². The van der Waals surface area contributed by atoms with Gasteiger partial charge in [0.05, 0.1) is 24.3 Å². The first-order valence-corrected chi connectivity index (χ1v) is 8.35. The molecule has 0 fully saturated rings. The van der Waals surface area contributed by atoms with Crippen molar-refractivity contribution >= 4 is 33.7 Å². The Labute approximate surface area is 148 Å². The van der Waals surface area contributed by atoms with E-state index in [1.807, 2.05) is 12.1 Å². The Kier molecular flexibility index (Phi) is 3.18. The number of esters is 1. The number of methoxy groups -OCH3 is 1. The lowest BCUT2D eigenvalue weighted by atomic mass is 10.0. The van der Waals surface area contributed by atoms with Gasteiger partial charge in [0.25, 0.3) is 0 Å². The summed E-state index contributed by atoms with van der Waals surface area (Å²) < 4.78 is 4.85. The molecule has 2 N–H and O–H groups in total. The number of hydrogen-bond donors (Lipinski definition) is 2. The Morgan fingerprint density at radius 2 is 2.19 bits per heavy atom. The quantitative estimate of drug-likeness (QED) is 0.539. The van der Waals surface area contributed by atoms with E-state index < -0.39 is 0 Å². The highest BCUT2D eigenvalue weighted by atomic mass is 16.5. The van der Waals surface area contributed by atoms with Crippen LogP contribution in [-0.4, -0.2) is 44.8 Å². The van der Waals surface area contributed by atoms with Crippen LogP contribution in [0.4, 0.5) is 5.82 Å². The van der Waals surface area contributed by atoms with Gasteiger partial charge in [0.15, 0.2) is 5.65 Å². The number of anilines is 1. The molecule has 0 saturated carbocycles. The molecule has 0 bridgehead atoms. The van der Waals surface area contributed by atoms with Crippen molar-refractivity contribution < 1.29 is 9.53 Å². The number of aromatic nitrogens is 5. The van der Waals surface area contributed by atoms with E-state index in [4.69, 9.17) is 4.74 Å². The number of carbonyl (C=O) groups is 1. The zero-order chi connectivity index (χ0) is 17.7. The van der Waals surface area contributed by atoms with Gasteiger partial charge in [-0.2, -0.15) is 5.10 Å². The van der Waals surface area contributed by atoms with Crippen LogP contribution in [0.3, 0.4) is 0 Å². The maximum Gasteiger partial charge on any atom is 0.337 e. The fourth-order valence-corrected chi connectivity index (χ4v) is 3.64. The zero-order valence-corrected chi connectivity index (χ0v) is 14.1. The Morgan fingerprint density at radius 1 is 1.27 bits per heavy atom. The molecule has 5 rings (SSSR count). The van der Waals surface area contributed by atoms with Crippen LogP contribution in [0.1, 0.15) is 21.6 Å². The summed E-state index contributed by atoms with van der Waals surface area (Å²) in [6.07, 6.45) is 4.18. The van der Waals surface area contributed by atoms with Crippen molar-refractivity contribution in [3.05, 3.63) is 47.5 Å². The first-order chi connectivity index (χ1) is 12.7. The van der Waals surface area contributed by atoms with Gasteiger partial charge in [0.2, 0.25) is 0 Å². The number of benzene rings is 1. The maximum absolute atomic E-state index is 11.9. The minimum Gasteiger partial charge on any atom is -0.465 e. The second kappa shape index (κ2) is 5.55. The van der Waals surface area contributed by atoms with E-state index in [2.05, 4.69) is 30.0 Å². The zero-order valence-electron chi connectivity index (χ0n) is 14.1. The van der Waals surface area contributed by atoms with E-state index in [0.717, 1.165) is 40.7 Å². The normalized spacial score (nSPS) is 14.0. The molecule has 1 aliphatic heterocycles. The first-order valence-electron chi connectivity index (χ1n) is 8.35. The highest BCUT2D eigenvalue weighted by Crippen LogP contribution is 2.32. The Bertz CT molecular complexity index is 1150. The minimum atomic E-state index is -0.328. The number of rotatable bonds is 2. The predicted molar refractivity (Wildman–Crippen MR) is 96.1 cm³/mol. The van der Waals surface area contributed by atoms with E-state index in [1.165, 1.54) is 18.4 Å². The predicted octanol–water partition coefficient (Wildman–Crippen LogP) is 2.18. The van der Waals surface area contributed by atoms with Gasteiger partial charge in [-0.1, -0.05) is 0 Å². The van der Waals surface area contributed by atoms with Crippen molar-refractivity contribution in [3.63, 3.8) is 0 Å². The van der Waals surface area contributed by atoms with Crippen molar-refractivity contribution in [2.24, 2.45) is 0 Å². The number of nitrogens with zero attached hydrogens (tertiary/aromatic N) is 4. The van der Waals surface area contributed by atoms with Crippen LogP contribution in [0.25, 0.3) is 21.9 Å². The lowest BCUT2D eigenvalue weighted by molar-refractivity contribution is 0.0601. The molecule has 0 atom stereocenters. The first kappa shape index (κ1) is 14.9. The van der Waals surface area contributed by atoms with Crippen LogP contribution in [-0.2, 0) is 17.7 Å². The Balaban J connectivity index is 1.59. The van der Waals surface area contributed by atoms with Crippen molar-refractivity contribution in [3.8, 4) is 0 Å². The van der Waals surface area contributed by atoms with Gasteiger partial charge in [-0.15, -0.1) is 0 Å². The van der Waals surface area contributed by atoms with Crippen LogP contribution >= 0.6 is 0 Å². The summed E-state index contributed by atoms with van der Waals surface area (Å²) in [6.45, 7) is 1.55. The molecule has 4 aromatic rings. The Hall–Kier alpha value is -3.42. The highest BCUT2D eigenvalue weighted by Gasteiger charge is 2.24. The van der Waals surface area contributed by atoms with Gasteiger partial charge in [-0.05, 0) is 18.2 Å². The van der Waals surface area contributed by atoms with Crippen molar-refractivity contribution in [2.75, 3.05) is 18.6 Å². The molecule has 4 heterocycles. The summed E-state index contributed by atoms with van der Waals surface area (Å²) in [5.74, 6) is 0.540. The van der Waals surface area contributed by atoms with E-state index in [9.17, 15) is 4.79 Å². The molecule has 130 valence electrons. The fourth-order valence-electron chi connectivity index (χ4n) is 3.64. The maximum atomic E-state index is 11.9. The third-order valence-corrected chi connectivity index (χ3v) is 4.92. The molecule has 0 spiro atoms. The molecule has 1 aliphatic rings. The van der Waals surface area contributed by atoms with Crippen LogP contribution in [0.5, 0.6) is 0 Å². The fraction of sp³-hybridized carbons (Fsp3) is 0.222. The number of fused-ring (bicyclic) bond motifs is 4. The molecular formula is C18H16N6O2. The van der Waals surface area contributed by atoms with Gasteiger partial charge in [0.1, 0.15) is 12.1 Å². The molecule has 3 aromatic heterocycles. The van der Waals surface area contributed by atoms with Gasteiger partial charge >= 0.3 is 5.97 Å². The van der Waals surface area contributed by atoms with E-state index >= 15 is 0 Å². The average molecular weight is 348 g/mol. The molecule has 0 amide bonds. The molecule has 8 nitrogen and oxygen atoms in total. The largest absolute Gasteiger partial charge is 0.465 e. The number of ether oxygens (including phenoxy) is 1. The van der Waals surface area contributed by atoms with Gasteiger partial charge in [-0.3, -0.25) is 5.10 Å². The van der Waals surface area contributed by atoms with Crippen LogP contribution in [0.15, 0.2) is 30.7 Å². The summed E-state index contributed by atoms with van der Waals surface area (Å²) in [5, 5.41) is 8.91. The monoisotopic (exact) mass is 348 g/mol. The number of H-pyrrole nitrogens is 2. The molecular weight excluding hydrogens is 332 g/mol. The average Bonchev–Trinajstić information content (AvgIpc) is 3.30. The van der Waals surface area contributed by atoms with Gasteiger partial charge < -0.3 is 14.6 Å². The summed E-state index contributed by atoms with van der Waals surface area (Å²) in [5.41, 5.74) is 4.70. The topological polar surface area (TPSA) is 99.8 Å². The summed E-state index contributed by atoms with van der Waals surface area (Å²) >= 11 is 0. The molecule has 0 saturated heterocycles. The van der Waals surface area contributed by atoms with Gasteiger partial charge in [0, 0.05) is 41.7 Å². The number of hydrogen-bond acceptors (Lipinski definition) is 6. The van der Waals surface area contributed by atoms with E-state index in [1.54, 1.807) is 18.6 Å². The molecule has 0 radical (unpaired) electrons. The van der Waals surface area contributed by atoms with Crippen LogP contribution in [0.2, 0.25) is 0 Å². The molecule has 1 aromatic carbocycles. The second-order valence-electron chi connectivity index (χ2n) is 6.34. The standard InChI is InChI=1S/C18H16N6O2/c1-26-18(25)10-2-3-14-11(6-10)13-8-24(5-4-15(13)22-14)17-12-7-21-23-16(12)19-9-20-17/h2-3,6-7,9,22H,4-5,8H2,1H3,(H,19,20,21,23). The van der Waals surface area contributed by atoms with Crippen molar-refractivity contribution in [1.82, 2.24) is 25.1 Å². The Morgan fingerprint density at radius 3 is 3.08 bits per heavy atom. The summed E-state index contributed by atoms with van der Waals surface area (Å²) in [4.78, 5) is 26.3. The number of nitrogens with one attached hydrogen (secondary N) is 2. The minimum absolute atomic E-state index is 0.328. The summed E-state index contributed by atoms with van der Waals surface area (Å²) in [7, 11) is 1.39.